The summed E-state index contributed by atoms with van der Waals surface area (Å²) in [6, 6.07) is 12.7. The average molecular weight is 475 g/mol. The molecule has 2 N–H and O–H groups in total. The van der Waals surface area contributed by atoms with Crippen LogP contribution in [-0.2, 0) is 4.79 Å². The molecule has 1 fully saturated rings. The molecule has 0 spiro atoms. The van der Waals surface area contributed by atoms with Crippen molar-refractivity contribution in [3.05, 3.63) is 70.4 Å². The lowest BCUT2D eigenvalue weighted by Crippen LogP contribution is -2.54. The van der Waals surface area contributed by atoms with E-state index in [1.807, 2.05) is 38.1 Å². The number of aromatic nitrogens is 1. The summed E-state index contributed by atoms with van der Waals surface area (Å²) >= 11 is 0. The van der Waals surface area contributed by atoms with Crippen molar-refractivity contribution in [3.8, 4) is 11.3 Å². The third-order valence-corrected chi connectivity index (χ3v) is 7.48. The van der Waals surface area contributed by atoms with E-state index in [4.69, 9.17) is 8.94 Å². The smallest absolute Gasteiger partial charge is 0.366 e. The van der Waals surface area contributed by atoms with Crippen LogP contribution in [0.2, 0.25) is 0 Å². The molecule has 0 radical (unpaired) electrons. The largest absolute Gasteiger partial charge is 0.464 e. The molecular weight excluding hydrogens is 444 g/mol. The summed E-state index contributed by atoms with van der Waals surface area (Å²) in [4.78, 5) is 26.0. The van der Waals surface area contributed by atoms with E-state index in [0.717, 1.165) is 36.8 Å². The van der Waals surface area contributed by atoms with E-state index in [2.05, 4.69) is 10.5 Å². The van der Waals surface area contributed by atoms with Crippen LogP contribution in [0.4, 0.5) is 5.69 Å². The molecule has 3 aliphatic rings. The molecule has 1 aromatic heterocycles. The number of hydrogen-bond donors (Lipinski definition) is 2. The Balaban J connectivity index is 1.58. The normalized spacial score (nSPS) is 17.2. The molecule has 182 valence electrons. The topological polar surface area (TPSA) is 106 Å². The van der Waals surface area contributed by atoms with Crippen LogP contribution >= 0.6 is 0 Å². The summed E-state index contributed by atoms with van der Waals surface area (Å²) in [5.74, 6) is -0.416. The van der Waals surface area contributed by atoms with Crippen LogP contribution in [0.3, 0.4) is 0 Å². The molecular formula is C28H30N2O5. The van der Waals surface area contributed by atoms with Crippen LogP contribution in [0.1, 0.15) is 56.7 Å². The first-order chi connectivity index (χ1) is 16.8. The maximum atomic E-state index is 14.0. The highest BCUT2D eigenvalue weighted by Crippen LogP contribution is 2.49. The Bertz CT molecular complexity index is 1400. The molecule has 2 aromatic rings. The van der Waals surface area contributed by atoms with E-state index in [-0.39, 0.29) is 11.8 Å². The lowest BCUT2D eigenvalue weighted by atomic mass is 9.67. The van der Waals surface area contributed by atoms with E-state index < -0.39 is 23.1 Å². The van der Waals surface area contributed by atoms with E-state index in [9.17, 15) is 14.7 Å². The van der Waals surface area contributed by atoms with Crippen LogP contribution in [0, 0.1) is 18.8 Å². The number of carbonyl (C=O) groups excluding carboxylic acids is 1. The molecule has 7 nitrogen and oxygen atoms in total. The zero-order valence-electron chi connectivity index (χ0n) is 20.2. The maximum Gasteiger partial charge on any atom is 0.366 e. The fourth-order valence-corrected chi connectivity index (χ4v) is 5.85. The number of carbonyl (C=O) groups is 1. The summed E-state index contributed by atoms with van der Waals surface area (Å²) in [6.45, 7) is 5.80. The number of nitrogens with one attached hydrogen (secondary N) is 1. The van der Waals surface area contributed by atoms with Gasteiger partial charge in [0.15, 0.2) is 5.60 Å². The van der Waals surface area contributed by atoms with Gasteiger partial charge in [0.1, 0.15) is 5.76 Å². The number of nitrogens with zero attached hydrogens (tertiary/aromatic N) is 1. The Morgan fingerprint density at radius 2 is 1.91 bits per heavy atom. The molecule has 2 atom stereocenters. The third-order valence-electron chi connectivity index (χ3n) is 7.48. The lowest BCUT2D eigenvalue weighted by molar-refractivity contribution is -0.145. The van der Waals surface area contributed by atoms with Gasteiger partial charge < -0.3 is 19.4 Å². The summed E-state index contributed by atoms with van der Waals surface area (Å²) in [5, 5.41) is 20.1. The van der Waals surface area contributed by atoms with Gasteiger partial charge >= 0.3 is 5.63 Å². The molecule has 1 saturated carbocycles. The predicted molar refractivity (Wildman–Crippen MR) is 133 cm³/mol. The van der Waals surface area contributed by atoms with E-state index in [1.165, 1.54) is 0 Å². The zero-order valence-corrected chi connectivity index (χ0v) is 20.2. The Morgan fingerprint density at radius 1 is 1.14 bits per heavy atom. The van der Waals surface area contributed by atoms with E-state index in [0.29, 0.717) is 27.9 Å². The van der Waals surface area contributed by atoms with Crippen molar-refractivity contribution in [1.82, 2.24) is 5.16 Å². The van der Waals surface area contributed by atoms with Crippen molar-refractivity contribution < 1.29 is 18.8 Å². The number of amides is 1. The van der Waals surface area contributed by atoms with Crippen LogP contribution in [0.5, 0.6) is 0 Å². The van der Waals surface area contributed by atoms with Gasteiger partial charge in [0.05, 0.1) is 17.3 Å². The van der Waals surface area contributed by atoms with Gasteiger partial charge in [-0.25, -0.2) is 4.79 Å². The van der Waals surface area contributed by atoms with Gasteiger partial charge in [0.2, 0.25) is 0 Å². The Kier molecular flexibility index (Phi) is 5.97. The van der Waals surface area contributed by atoms with Crippen molar-refractivity contribution in [2.75, 3.05) is 5.32 Å². The minimum atomic E-state index is -1.64. The first-order valence-electron chi connectivity index (χ1n) is 12.2. The minimum absolute atomic E-state index is 0.0277. The SMILES string of the molecule is Cc1noc(=O)c2ccc(NC(=O)C(O)(C3CCCC3)C(c3ccc4cccoc3-4)C(C)C)cc12. The van der Waals surface area contributed by atoms with Crippen molar-refractivity contribution in [2.45, 2.75) is 58.0 Å². The number of fused-ring (bicyclic) bond motifs is 2. The Labute approximate surface area is 203 Å². The lowest BCUT2D eigenvalue weighted by Gasteiger charge is -2.41. The highest BCUT2D eigenvalue weighted by Gasteiger charge is 2.53. The second-order valence-electron chi connectivity index (χ2n) is 9.98. The molecule has 2 aliphatic carbocycles. The molecule has 1 amide bonds. The number of benzene rings is 1. The van der Waals surface area contributed by atoms with Gasteiger partial charge in [-0.3, -0.25) is 4.79 Å². The van der Waals surface area contributed by atoms with Crippen molar-refractivity contribution >= 4 is 22.4 Å². The standard InChI is InChI=1S/C28H30N2O5/c1-16(2)24(22-12-10-18-7-6-14-34-25(18)22)28(33,19-8-4-5-9-19)27(32)29-20-11-13-21-23(15-20)17(3)30-35-26(21)31/h6-7,10-16,19,24,33H,4-5,8-9H2,1-3H3,(H,29,32). The fourth-order valence-electron chi connectivity index (χ4n) is 5.85. The molecule has 1 aliphatic heterocycles. The van der Waals surface area contributed by atoms with Crippen LogP contribution in [0.25, 0.3) is 22.1 Å². The van der Waals surface area contributed by atoms with Crippen molar-refractivity contribution in [3.63, 3.8) is 0 Å². The molecule has 7 heteroatoms. The second-order valence-corrected chi connectivity index (χ2v) is 9.98. The molecule has 1 aromatic carbocycles. The number of aryl methyl sites for hydroxylation is 1. The van der Waals surface area contributed by atoms with Crippen LogP contribution < -0.4 is 10.9 Å². The van der Waals surface area contributed by atoms with Gasteiger partial charge in [-0.15, -0.1) is 0 Å². The van der Waals surface area contributed by atoms with Crippen molar-refractivity contribution in [2.24, 2.45) is 11.8 Å². The van der Waals surface area contributed by atoms with Gasteiger partial charge in [0, 0.05) is 28.1 Å². The average Bonchev–Trinajstić information content (AvgIpc) is 3.53. The quantitative estimate of drug-likeness (QED) is 0.383. The molecule has 0 bridgehead atoms. The summed E-state index contributed by atoms with van der Waals surface area (Å²) < 4.78 is 10.7. The highest BCUT2D eigenvalue weighted by atomic mass is 16.5. The number of hydrogen-bond acceptors (Lipinski definition) is 6. The number of aliphatic hydroxyl groups is 1. The number of anilines is 1. The zero-order chi connectivity index (χ0) is 24.7. The molecule has 2 unspecified atom stereocenters. The monoisotopic (exact) mass is 474 g/mol. The maximum absolute atomic E-state index is 14.0. The van der Waals surface area contributed by atoms with Crippen LogP contribution in [-0.4, -0.2) is 21.8 Å². The summed E-state index contributed by atoms with van der Waals surface area (Å²) in [6.07, 6.45) is 5.15. The van der Waals surface area contributed by atoms with E-state index >= 15 is 0 Å². The van der Waals surface area contributed by atoms with Gasteiger partial charge in [-0.1, -0.05) is 44.0 Å². The third kappa shape index (κ3) is 3.93. The second kappa shape index (κ2) is 8.96. The molecule has 2 heterocycles. The molecule has 35 heavy (non-hydrogen) atoms. The van der Waals surface area contributed by atoms with Gasteiger partial charge in [-0.2, -0.15) is 0 Å². The highest BCUT2D eigenvalue weighted by molar-refractivity contribution is 6.00. The molecule has 0 saturated heterocycles. The predicted octanol–water partition coefficient (Wildman–Crippen LogP) is 5.49. The van der Waals surface area contributed by atoms with Crippen LogP contribution in [0.15, 0.2) is 62.5 Å². The van der Waals surface area contributed by atoms with E-state index in [1.54, 1.807) is 31.4 Å². The summed E-state index contributed by atoms with van der Waals surface area (Å²) in [7, 11) is 0. The Hall–Kier alpha value is -3.45. The Morgan fingerprint density at radius 3 is 2.66 bits per heavy atom. The fraction of sp³-hybridized carbons (Fsp3) is 0.393. The molecule has 5 rings (SSSR count). The first-order valence-corrected chi connectivity index (χ1v) is 12.2. The minimum Gasteiger partial charge on any atom is -0.464 e. The first kappa shape index (κ1) is 23.3. The van der Waals surface area contributed by atoms with Crippen molar-refractivity contribution in [1.29, 1.82) is 0 Å². The van der Waals surface area contributed by atoms with Gasteiger partial charge in [0.25, 0.3) is 5.91 Å². The van der Waals surface area contributed by atoms with Gasteiger partial charge in [-0.05, 0) is 61.9 Å². The summed E-state index contributed by atoms with van der Waals surface area (Å²) in [5.41, 5.74) is 0.656. The number of rotatable bonds is 6.